The van der Waals surface area contributed by atoms with Gasteiger partial charge in [-0.05, 0) is 18.3 Å². The van der Waals surface area contributed by atoms with Crippen molar-refractivity contribution in [3.8, 4) is 0 Å². The van der Waals surface area contributed by atoms with Gasteiger partial charge in [0, 0.05) is 5.56 Å². The van der Waals surface area contributed by atoms with Crippen molar-refractivity contribution >= 4 is 19.8 Å². The Kier molecular flexibility index (Phi) is 2.45. The number of hydrogen-bond donors (Lipinski definition) is 1. The van der Waals surface area contributed by atoms with Gasteiger partial charge in [0.2, 0.25) is 8.32 Å². The fraction of sp³-hybridized carbons (Fsp3) is 0.222. The standard InChI is InChI=1S/C9H12O2Si/c1-12(2,11)9-5-3-4-8(6-9)7-10/h3-7,11H,1-2H3. The van der Waals surface area contributed by atoms with Crippen molar-refractivity contribution in [2.75, 3.05) is 0 Å². The summed E-state index contributed by atoms with van der Waals surface area (Å²) in [5, 5.41) is 0.895. The van der Waals surface area contributed by atoms with E-state index in [0.717, 1.165) is 11.5 Å². The van der Waals surface area contributed by atoms with Crippen LogP contribution < -0.4 is 5.19 Å². The van der Waals surface area contributed by atoms with Crippen molar-refractivity contribution in [2.24, 2.45) is 0 Å². The van der Waals surface area contributed by atoms with Crippen LogP contribution >= 0.6 is 0 Å². The Morgan fingerprint density at radius 2 is 2.08 bits per heavy atom. The lowest BCUT2D eigenvalue weighted by Gasteiger charge is -2.14. The largest absolute Gasteiger partial charge is 0.428 e. The predicted octanol–water partition coefficient (Wildman–Crippen LogP) is 0.903. The molecule has 0 heterocycles. The third kappa shape index (κ3) is 2.03. The average Bonchev–Trinajstić information content (AvgIpc) is 2.03. The van der Waals surface area contributed by atoms with Crippen LogP contribution in [0, 0.1) is 0 Å². The smallest absolute Gasteiger partial charge is 0.213 e. The first kappa shape index (κ1) is 9.16. The molecule has 0 aliphatic heterocycles. The minimum atomic E-state index is -2.24. The third-order valence-electron chi connectivity index (χ3n) is 1.73. The van der Waals surface area contributed by atoms with Gasteiger partial charge in [-0.2, -0.15) is 0 Å². The van der Waals surface area contributed by atoms with E-state index in [1.54, 1.807) is 18.2 Å². The summed E-state index contributed by atoms with van der Waals surface area (Å²) in [4.78, 5) is 20.2. The van der Waals surface area contributed by atoms with Crippen LogP contribution in [-0.4, -0.2) is 19.4 Å². The normalized spacial score (nSPS) is 11.2. The van der Waals surface area contributed by atoms with Gasteiger partial charge in [-0.25, -0.2) is 0 Å². The van der Waals surface area contributed by atoms with Crippen LogP contribution in [0.1, 0.15) is 10.4 Å². The van der Waals surface area contributed by atoms with Crippen LogP contribution in [-0.2, 0) is 0 Å². The molecule has 0 bridgehead atoms. The van der Waals surface area contributed by atoms with Crippen LogP contribution in [0.25, 0.3) is 0 Å². The summed E-state index contributed by atoms with van der Waals surface area (Å²) in [6.07, 6.45) is 0.795. The number of rotatable bonds is 2. The van der Waals surface area contributed by atoms with Crippen LogP contribution in [0.3, 0.4) is 0 Å². The van der Waals surface area contributed by atoms with E-state index in [9.17, 15) is 9.59 Å². The van der Waals surface area contributed by atoms with E-state index in [1.165, 1.54) is 0 Å². The molecule has 0 aliphatic rings. The fourth-order valence-corrected chi connectivity index (χ4v) is 2.02. The highest BCUT2D eigenvalue weighted by Crippen LogP contribution is 2.00. The van der Waals surface area contributed by atoms with E-state index >= 15 is 0 Å². The molecule has 0 saturated heterocycles. The number of hydrogen-bond acceptors (Lipinski definition) is 2. The molecule has 0 aromatic heterocycles. The summed E-state index contributed by atoms with van der Waals surface area (Å²) in [5.41, 5.74) is 0.627. The molecule has 0 amide bonds. The minimum Gasteiger partial charge on any atom is -0.428 e. The highest BCUT2D eigenvalue weighted by Gasteiger charge is 2.19. The van der Waals surface area contributed by atoms with Crippen molar-refractivity contribution in [1.29, 1.82) is 0 Å². The zero-order valence-electron chi connectivity index (χ0n) is 7.24. The second-order valence-electron chi connectivity index (χ2n) is 3.30. The molecule has 0 saturated carbocycles. The zero-order valence-corrected chi connectivity index (χ0v) is 8.24. The molecule has 1 N–H and O–H groups in total. The van der Waals surface area contributed by atoms with Crippen LogP contribution in [0.4, 0.5) is 0 Å². The van der Waals surface area contributed by atoms with E-state index in [4.69, 9.17) is 0 Å². The Hall–Kier alpha value is -0.933. The summed E-state index contributed by atoms with van der Waals surface area (Å²) in [6.45, 7) is 3.66. The monoisotopic (exact) mass is 180 g/mol. The van der Waals surface area contributed by atoms with Gasteiger partial charge in [0.25, 0.3) is 0 Å². The summed E-state index contributed by atoms with van der Waals surface area (Å²) < 4.78 is 0. The minimum absolute atomic E-state index is 0.627. The van der Waals surface area contributed by atoms with Crippen molar-refractivity contribution in [2.45, 2.75) is 13.1 Å². The number of benzene rings is 1. The van der Waals surface area contributed by atoms with E-state index in [-0.39, 0.29) is 0 Å². The predicted molar refractivity (Wildman–Crippen MR) is 51.2 cm³/mol. The molecular formula is C9H12O2Si. The molecule has 64 valence electrons. The van der Waals surface area contributed by atoms with Crippen LogP contribution in [0.5, 0.6) is 0 Å². The Morgan fingerprint density at radius 1 is 1.42 bits per heavy atom. The van der Waals surface area contributed by atoms with Gasteiger partial charge in [-0.15, -0.1) is 0 Å². The number of carbonyl (C=O) groups is 1. The van der Waals surface area contributed by atoms with Crippen molar-refractivity contribution in [1.82, 2.24) is 0 Å². The van der Waals surface area contributed by atoms with Gasteiger partial charge < -0.3 is 4.80 Å². The Morgan fingerprint density at radius 3 is 2.58 bits per heavy atom. The molecule has 0 radical (unpaired) electrons. The topological polar surface area (TPSA) is 37.3 Å². The lowest BCUT2D eigenvalue weighted by atomic mass is 10.2. The molecular weight excluding hydrogens is 168 g/mol. The van der Waals surface area contributed by atoms with Gasteiger partial charge >= 0.3 is 0 Å². The molecule has 12 heavy (non-hydrogen) atoms. The van der Waals surface area contributed by atoms with E-state index < -0.39 is 8.32 Å². The first-order chi connectivity index (χ1) is 5.54. The lowest BCUT2D eigenvalue weighted by Crippen LogP contribution is -2.41. The Balaban J connectivity index is 3.10. The van der Waals surface area contributed by atoms with Gasteiger partial charge in [0.05, 0.1) is 0 Å². The average molecular weight is 180 g/mol. The van der Waals surface area contributed by atoms with Gasteiger partial charge in [0.15, 0.2) is 0 Å². The van der Waals surface area contributed by atoms with Crippen molar-refractivity contribution < 1.29 is 9.59 Å². The van der Waals surface area contributed by atoms with Gasteiger partial charge in [-0.1, -0.05) is 24.3 Å². The maximum absolute atomic E-state index is 10.4. The summed E-state index contributed by atoms with van der Waals surface area (Å²) in [5.74, 6) is 0. The van der Waals surface area contributed by atoms with E-state index in [2.05, 4.69) is 0 Å². The van der Waals surface area contributed by atoms with E-state index in [1.807, 2.05) is 19.2 Å². The molecule has 0 atom stereocenters. The molecule has 0 aliphatic carbocycles. The molecule has 3 heteroatoms. The first-order valence-electron chi connectivity index (χ1n) is 3.82. The molecule has 1 aromatic rings. The maximum atomic E-state index is 10.4. The highest BCUT2D eigenvalue weighted by atomic mass is 28.4. The maximum Gasteiger partial charge on any atom is 0.213 e. The third-order valence-corrected chi connectivity index (χ3v) is 3.45. The van der Waals surface area contributed by atoms with Gasteiger partial charge in [0.1, 0.15) is 6.29 Å². The van der Waals surface area contributed by atoms with Gasteiger partial charge in [-0.3, -0.25) is 4.79 Å². The number of carbonyl (C=O) groups excluding carboxylic acids is 1. The molecule has 0 fully saturated rings. The quantitative estimate of drug-likeness (QED) is 0.542. The van der Waals surface area contributed by atoms with E-state index in [0.29, 0.717) is 5.56 Å². The number of aldehydes is 1. The SMILES string of the molecule is C[Si](C)(O)c1cccc(C=O)c1. The second kappa shape index (κ2) is 3.21. The summed E-state index contributed by atoms with van der Waals surface area (Å²) in [7, 11) is -2.24. The molecule has 2 nitrogen and oxygen atoms in total. The fourth-order valence-electron chi connectivity index (χ4n) is 0.993. The first-order valence-corrected chi connectivity index (χ1v) is 6.77. The Bertz CT molecular complexity index is 289. The molecule has 0 spiro atoms. The van der Waals surface area contributed by atoms with Crippen molar-refractivity contribution in [3.05, 3.63) is 29.8 Å². The summed E-state index contributed by atoms with van der Waals surface area (Å²) in [6, 6.07) is 7.14. The second-order valence-corrected chi connectivity index (χ2v) is 7.00. The highest BCUT2D eigenvalue weighted by molar-refractivity contribution is 6.83. The summed E-state index contributed by atoms with van der Waals surface area (Å²) >= 11 is 0. The van der Waals surface area contributed by atoms with Crippen LogP contribution in [0.15, 0.2) is 24.3 Å². The molecule has 0 unspecified atom stereocenters. The van der Waals surface area contributed by atoms with Crippen LogP contribution in [0.2, 0.25) is 13.1 Å². The molecule has 1 aromatic carbocycles. The van der Waals surface area contributed by atoms with Crippen molar-refractivity contribution in [3.63, 3.8) is 0 Å². The zero-order chi connectivity index (χ0) is 9.19. The lowest BCUT2D eigenvalue weighted by molar-refractivity contribution is 0.112. The molecule has 1 rings (SSSR count). The Labute approximate surface area is 73.0 Å².